The van der Waals surface area contributed by atoms with Gasteiger partial charge in [-0.3, -0.25) is 9.36 Å². The molecule has 1 aliphatic rings. The number of benzene rings is 1. The highest BCUT2D eigenvalue weighted by molar-refractivity contribution is 7.17. The fourth-order valence-corrected chi connectivity index (χ4v) is 4.78. The largest absolute Gasteiger partial charge is 0.284 e. The van der Waals surface area contributed by atoms with Crippen molar-refractivity contribution in [2.75, 3.05) is 0 Å². The SMILES string of the molecule is C#CCn1c(C(C)C)nc2scc(-c3ccc4c(c3)CCCC4)c2c1=O. The van der Waals surface area contributed by atoms with Gasteiger partial charge < -0.3 is 0 Å². The van der Waals surface area contributed by atoms with Crippen LogP contribution in [-0.4, -0.2) is 9.55 Å². The third-order valence-electron chi connectivity index (χ3n) is 5.15. The second-order valence-corrected chi connectivity index (χ2v) is 8.10. The minimum absolute atomic E-state index is 0.0226. The van der Waals surface area contributed by atoms with E-state index < -0.39 is 0 Å². The first-order valence-electron chi connectivity index (χ1n) is 9.17. The molecule has 26 heavy (non-hydrogen) atoms. The van der Waals surface area contributed by atoms with Gasteiger partial charge in [0.2, 0.25) is 0 Å². The van der Waals surface area contributed by atoms with Gasteiger partial charge in [0.25, 0.3) is 5.56 Å². The molecular weight excluding hydrogens is 340 g/mol. The van der Waals surface area contributed by atoms with Gasteiger partial charge in [-0.25, -0.2) is 4.98 Å². The first kappa shape index (κ1) is 17.1. The summed E-state index contributed by atoms with van der Waals surface area (Å²) >= 11 is 1.54. The van der Waals surface area contributed by atoms with Crippen LogP contribution in [-0.2, 0) is 19.4 Å². The first-order valence-corrected chi connectivity index (χ1v) is 10.1. The van der Waals surface area contributed by atoms with E-state index in [9.17, 15) is 4.79 Å². The molecule has 1 aliphatic carbocycles. The molecule has 0 saturated carbocycles. The van der Waals surface area contributed by atoms with Crippen LogP contribution in [0.1, 0.15) is 49.6 Å². The van der Waals surface area contributed by atoms with Crippen molar-refractivity contribution in [3.05, 3.63) is 50.9 Å². The molecule has 4 heteroatoms. The highest BCUT2D eigenvalue weighted by Gasteiger charge is 2.19. The van der Waals surface area contributed by atoms with E-state index in [1.807, 2.05) is 13.8 Å². The molecule has 0 aliphatic heterocycles. The number of aromatic nitrogens is 2. The lowest BCUT2D eigenvalue weighted by Crippen LogP contribution is -2.25. The number of fused-ring (bicyclic) bond motifs is 2. The summed E-state index contributed by atoms with van der Waals surface area (Å²) in [6, 6.07) is 6.63. The van der Waals surface area contributed by atoms with Gasteiger partial charge in [0, 0.05) is 16.9 Å². The average molecular weight is 362 g/mol. The summed E-state index contributed by atoms with van der Waals surface area (Å²) < 4.78 is 1.65. The molecule has 0 unspecified atom stereocenters. The summed E-state index contributed by atoms with van der Waals surface area (Å²) in [4.78, 5) is 18.8. The molecule has 0 radical (unpaired) electrons. The van der Waals surface area contributed by atoms with E-state index in [-0.39, 0.29) is 18.0 Å². The summed E-state index contributed by atoms with van der Waals surface area (Å²) in [5.41, 5.74) is 4.94. The maximum Gasteiger partial charge on any atom is 0.263 e. The van der Waals surface area contributed by atoms with Crippen molar-refractivity contribution in [3.63, 3.8) is 0 Å². The molecule has 0 amide bonds. The Labute approximate surface area is 157 Å². The summed E-state index contributed by atoms with van der Waals surface area (Å²) in [6.45, 7) is 4.34. The molecule has 0 fully saturated rings. The molecule has 2 aromatic heterocycles. The average Bonchev–Trinajstić information content (AvgIpc) is 3.07. The summed E-state index contributed by atoms with van der Waals surface area (Å²) in [5, 5.41) is 2.76. The molecule has 2 heterocycles. The Morgan fingerprint density at radius 3 is 2.77 bits per heavy atom. The van der Waals surface area contributed by atoms with E-state index in [4.69, 9.17) is 11.4 Å². The molecule has 0 spiro atoms. The Balaban J connectivity index is 1.94. The van der Waals surface area contributed by atoms with Gasteiger partial charge in [-0.15, -0.1) is 17.8 Å². The van der Waals surface area contributed by atoms with Crippen molar-refractivity contribution >= 4 is 21.6 Å². The Morgan fingerprint density at radius 1 is 1.27 bits per heavy atom. The molecule has 0 N–H and O–H groups in total. The molecule has 132 valence electrons. The van der Waals surface area contributed by atoms with Gasteiger partial charge in [0.1, 0.15) is 10.7 Å². The van der Waals surface area contributed by atoms with Crippen LogP contribution < -0.4 is 5.56 Å². The van der Waals surface area contributed by atoms with Crippen molar-refractivity contribution < 1.29 is 0 Å². The Kier molecular flexibility index (Phi) is 4.42. The highest BCUT2D eigenvalue weighted by atomic mass is 32.1. The summed E-state index contributed by atoms with van der Waals surface area (Å²) in [5.74, 6) is 3.51. The van der Waals surface area contributed by atoms with Crippen LogP contribution >= 0.6 is 11.3 Å². The van der Waals surface area contributed by atoms with Crippen LogP contribution in [0.5, 0.6) is 0 Å². The molecular formula is C22H22N2OS. The molecule has 0 saturated heterocycles. The van der Waals surface area contributed by atoms with Gasteiger partial charge in [-0.05, 0) is 42.4 Å². The standard InChI is InChI=1S/C22H22N2OS/c1-4-11-24-20(14(2)3)23-21-19(22(24)25)18(13-26-21)17-10-9-15-7-5-6-8-16(15)12-17/h1,9-10,12-14H,5-8,11H2,2-3H3. The maximum absolute atomic E-state index is 13.2. The van der Waals surface area contributed by atoms with Gasteiger partial charge in [-0.2, -0.15) is 0 Å². The monoisotopic (exact) mass is 362 g/mol. The fraction of sp³-hybridized carbons (Fsp3) is 0.364. The molecule has 0 bridgehead atoms. The van der Waals surface area contributed by atoms with Crippen LogP contribution in [0.15, 0.2) is 28.4 Å². The number of nitrogens with zero attached hydrogens (tertiary/aromatic N) is 2. The molecule has 0 atom stereocenters. The predicted octanol–water partition coefficient (Wildman–Crippen LogP) is 4.76. The van der Waals surface area contributed by atoms with Gasteiger partial charge in [-0.1, -0.05) is 38.0 Å². The minimum atomic E-state index is -0.0226. The topological polar surface area (TPSA) is 34.9 Å². The van der Waals surface area contributed by atoms with Crippen molar-refractivity contribution in [2.24, 2.45) is 0 Å². The Morgan fingerprint density at radius 2 is 2.04 bits per heavy atom. The highest BCUT2D eigenvalue weighted by Crippen LogP contribution is 2.34. The summed E-state index contributed by atoms with van der Waals surface area (Å²) in [7, 11) is 0. The Bertz CT molecular complexity index is 1080. The summed E-state index contributed by atoms with van der Waals surface area (Å²) in [6.07, 6.45) is 10.3. The van der Waals surface area contributed by atoms with Crippen molar-refractivity contribution in [2.45, 2.75) is 52.0 Å². The predicted molar refractivity (Wildman–Crippen MR) is 109 cm³/mol. The van der Waals surface area contributed by atoms with E-state index in [0.29, 0.717) is 5.39 Å². The number of hydrogen-bond donors (Lipinski definition) is 0. The smallest absolute Gasteiger partial charge is 0.263 e. The second-order valence-electron chi connectivity index (χ2n) is 7.24. The number of rotatable bonds is 3. The van der Waals surface area contributed by atoms with Crippen molar-refractivity contribution in [3.8, 4) is 23.5 Å². The fourth-order valence-electron chi connectivity index (χ4n) is 3.84. The number of aryl methyl sites for hydroxylation is 2. The number of hydrogen-bond acceptors (Lipinski definition) is 3. The number of terminal acetylenes is 1. The van der Waals surface area contributed by atoms with E-state index >= 15 is 0 Å². The first-order chi connectivity index (χ1) is 12.6. The molecule has 3 aromatic rings. The van der Waals surface area contributed by atoms with E-state index in [1.165, 1.54) is 24.0 Å². The lowest BCUT2D eigenvalue weighted by molar-refractivity contribution is 0.651. The van der Waals surface area contributed by atoms with Crippen LogP contribution in [0.2, 0.25) is 0 Å². The quantitative estimate of drug-likeness (QED) is 0.630. The van der Waals surface area contributed by atoms with Crippen molar-refractivity contribution in [1.29, 1.82) is 0 Å². The van der Waals surface area contributed by atoms with Gasteiger partial charge in [0.05, 0.1) is 11.9 Å². The van der Waals surface area contributed by atoms with Crippen LogP contribution in [0, 0.1) is 12.3 Å². The molecule has 3 nitrogen and oxygen atoms in total. The maximum atomic E-state index is 13.2. The molecule has 1 aromatic carbocycles. The van der Waals surface area contributed by atoms with Crippen molar-refractivity contribution in [1.82, 2.24) is 9.55 Å². The second kappa shape index (κ2) is 6.74. The van der Waals surface area contributed by atoms with Crippen LogP contribution in [0.25, 0.3) is 21.3 Å². The van der Waals surface area contributed by atoms with Gasteiger partial charge >= 0.3 is 0 Å². The number of thiophene rings is 1. The van der Waals surface area contributed by atoms with E-state index in [2.05, 4.69) is 29.5 Å². The van der Waals surface area contributed by atoms with Crippen LogP contribution in [0.3, 0.4) is 0 Å². The third-order valence-corrected chi connectivity index (χ3v) is 6.02. The molecule has 4 rings (SSSR count). The zero-order chi connectivity index (χ0) is 18.3. The third kappa shape index (κ3) is 2.77. The van der Waals surface area contributed by atoms with Crippen LogP contribution in [0.4, 0.5) is 0 Å². The van der Waals surface area contributed by atoms with E-state index in [0.717, 1.165) is 34.6 Å². The zero-order valence-electron chi connectivity index (χ0n) is 15.2. The minimum Gasteiger partial charge on any atom is -0.284 e. The normalized spacial score (nSPS) is 13.8. The van der Waals surface area contributed by atoms with E-state index in [1.54, 1.807) is 15.9 Å². The Hall–Kier alpha value is -2.38. The lowest BCUT2D eigenvalue weighted by Gasteiger charge is -2.16. The lowest BCUT2D eigenvalue weighted by atomic mass is 9.89. The zero-order valence-corrected chi connectivity index (χ0v) is 16.0. The van der Waals surface area contributed by atoms with Gasteiger partial charge in [0.15, 0.2) is 0 Å².